The number of aromatic nitrogens is 4. The number of tetrazole rings is 1. The highest BCUT2D eigenvalue weighted by molar-refractivity contribution is 6.43. The summed E-state index contributed by atoms with van der Waals surface area (Å²) in [7, 11) is 1.82. The molecule has 2 aromatic rings. The Hall–Kier alpha value is -0.880. The van der Waals surface area contributed by atoms with Crippen molar-refractivity contribution in [2.45, 2.75) is 13.0 Å². The van der Waals surface area contributed by atoms with E-state index in [1.165, 1.54) is 4.68 Å². The summed E-state index contributed by atoms with van der Waals surface area (Å²) in [4.78, 5) is 0. The predicted molar refractivity (Wildman–Crippen MR) is 71.7 cm³/mol. The molecule has 5 nitrogen and oxygen atoms in total. The molecule has 1 N–H and O–H groups in total. The van der Waals surface area contributed by atoms with Crippen molar-refractivity contribution in [3.63, 3.8) is 0 Å². The second kappa shape index (κ2) is 5.40. The van der Waals surface area contributed by atoms with Gasteiger partial charge in [-0.15, -0.1) is 5.10 Å². The van der Waals surface area contributed by atoms with Crippen LogP contribution in [0.1, 0.15) is 18.8 Å². The van der Waals surface area contributed by atoms with Gasteiger partial charge in [0.05, 0.1) is 26.8 Å². The Morgan fingerprint density at radius 1 is 1.17 bits per heavy atom. The van der Waals surface area contributed by atoms with Gasteiger partial charge in [-0.05, 0) is 36.5 Å². The van der Waals surface area contributed by atoms with Crippen LogP contribution in [0, 0.1) is 0 Å². The lowest BCUT2D eigenvalue weighted by molar-refractivity contribution is 0.589. The van der Waals surface area contributed by atoms with Crippen LogP contribution in [0.5, 0.6) is 0 Å². The molecule has 0 amide bonds. The SMILES string of the molecule is CNC(C)c1nnnn1-c1cc(Cl)c(Cl)cc1Cl. The maximum atomic E-state index is 6.13. The van der Waals surface area contributed by atoms with Crippen molar-refractivity contribution >= 4 is 34.8 Å². The molecule has 8 heteroatoms. The van der Waals surface area contributed by atoms with Gasteiger partial charge in [-0.1, -0.05) is 34.8 Å². The van der Waals surface area contributed by atoms with Crippen molar-refractivity contribution in [2.75, 3.05) is 7.05 Å². The highest BCUT2D eigenvalue weighted by Gasteiger charge is 2.17. The minimum atomic E-state index is -0.0227. The van der Waals surface area contributed by atoms with Crippen LogP contribution < -0.4 is 5.32 Å². The number of nitrogens with zero attached hydrogens (tertiary/aromatic N) is 4. The zero-order chi connectivity index (χ0) is 13.3. The van der Waals surface area contributed by atoms with E-state index >= 15 is 0 Å². The lowest BCUT2D eigenvalue weighted by atomic mass is 10.3. The van der Waals surface area contributed by atoms with E-state index in [1.54, 1.807) is 12.1 Å². The van der Waals surface area contributed by atoms with Crippen molar-refractivity contribution in [2.24, 2.45) is 0 Å². The molecule has 1 atom stereocenters. The van der Waals surface area contributed by atoms with Gasteiger partial charge in [-0.3, -0.25) is 0 Å². The van der Waals surface area contributed by atoms with Crippen LogP contribution in [0.25, 0.3) is 5.69 Å². The zero-order valence-corrected chi connectivity index (χ0v) is 11.9. The third-order valence-electron chi connectivity index (χ3n) is 2.53. The van der Waals surface area contributed by atoms with Crippen LogP contribution in [-0.2, 0) is 0 Å². The fourth-order valence-corrected chi connectivity index (χ4v) is 2.06. The van der Waals surface area contributed by atoms with Crippen LogP contribution in [-0.4, -0.2) is 27.3 Å². The molecular weight excluding hydrogens is 297 g/mol. The fraction of sp³-hybridized carbons (Fsp3) is 0.300. The first-order chi connectivity index (χ1) is 8.54. The van der Waals surface area contributed by atoms with Gasteiger partial charge in [0.15, 0.2) is 5.82 Å². The Bertz CT molecular complexity index is 569. The van der Waals surface area contributed by atoms with Crippen LogP contribution in [0.4, 0.5) is 0 Å². The number of hydrogen-bond acceptors (Lipinski definition) is 4. The summed E-state index contributed by atoms with van der Waals surface area (Å²) in [6.07, 6.45) is 0. The summed E-state index contributed by atoms with van der Waals surface area (Å²) in [5, 5.41) is 15.8. The van der Waals surface area contributed by atoms with E-state index in [2.05, 4.69) is 20.8 Å². The highest BCUT2D eigenvalue weighted by atomic mass is 35.5. The van der Waals surface area contributed by atoms with E-state index in [0.29, 0.717) is 26.6 Å². The van der Waals surface area contributed by atoms with E-state index in [0.717, 1.165) is 0 Å². The molecule has 0 bridgehead atoms. The molecule has 0 aliphatic carbocycles. The summed E-state index contributed by atoms with van der Waals surface area (Å²) in [6.45, 7) is 1.94. The average molecular weight is 307 g/mol. The number of rotatable bonds is 3. The number of nitrogens with one attached hydrogen (secondary N) is 1. The molecule has 0 aliphatic rings. The Labute approximate surface area is 119 Å². The second-order valence-electron chi connectivity index (χ2n) is 3.68. The van der Waals surface area contributed by atoms with Crippen LogP contribution in [0.3, 0.4) is 0 Å². The Morgan fingerprint density at radius 2 is 1.83 bits per heavy atom. The molecular formula is C10H10Cl3N5. The van der Waals surface area contributed by atoms with Gasteiger partial charge in [-0.25, -0.2) is 0 Å². The topological polar surface area (TPSA) is 55.6 Å². The predicted octanol–water partition coefficient (Wildman–Crippen LogP) is 2.90. The first-order valence-corrected chi connectivity index (χ1v) is 6.28. The van der Waals surface area contributed by atoms with Crippen LogP contribution in [0.15, 0.2) is 12.1 Å². The standard InChI is InChI=1S/C10H10Cl3N5/c1-5(14-2)10-15-16-17-18(10)9-4-7(12)6(11)3-8(9)13/h3-5,14H,1-2H3. The molecule has 0 radical (unpaired) electrons. The molecule has 0 aliphatic heterocycles. The van der Waals surface area contributed by atoms with Crippen molar-refractivity contribution < 1.29 is 0 Å². The highest BCUT2D eigenvalue weighted by Crippen LogP contribution is 2.31. The maximum Gasteiger partial charge on any atom is 0.173 e. The molecule has 1 heterocycles. The van der Waals surface area contributed by atoms with Gasteiger partial charge in [0.2, 0.25) is 0 Å². The molecule has 2 rings (SSSR count). The zero-order valence-electron chi connectivity index (χ0n) is 9.65. The van der Waals surface area contributed by atoms with Gasteiger partial charge in [-0.2, -0.15) is 4.68 Å². The summed E-state index contributed by atoms with van der Waals surface area (Å²) in [5.74, 6) is 0.637. The van der Waals surface area contributed by atoms with E-state index in [-0.39, 0.29) is 6.04 Å². The summed E-state index contributed by atoms with van der Waals surface area (Å²) >= 11 is 18.0. The number of benzene rings is 1. The van der Waals surface area contributed by atoms with E-state index < -0.39 is 0 Å². The molecule has 0 fully saturated rings. The molecule has 18 heavy (non-hydrogen) atoms. The second-order valence-corrected chi connectivity index (χ2v) is 4.90. The minimum absolute atomic E-state index is 0.0227. The molecule has 0 saturated heterocycles. The summed E-state index contributed by atoms with van der Waals surface area (Å²) in [5.41, 5.74) is 0.591. The fourth-order valence-electron chi connectivity index (χ4n) is 1.44. The third-order valence-corrected chi connectivity index (χ3v) is 3.56. The Kier molecular flexibility index (Phi) is 4.07. The van der Waals surface area contributed by atoms with Gasteiger partial charge >= 0.3 is 0 Å². The molecule has 96 valence electrons. The van der Waals surface area contributed by atoms with E-state index in [1.807, 2.05) is 14.0 Å². The molecule has 0 saturated carbocycles. The van der Waals surface area contributed by atoms with Crippen LogP contribution >= 0.6 is 34.8 Å². The Morgan fingerprint density at radius 3 is 2.50 bits per heavy atom. The summed E-state index contributed by atoms with van der Waals surface area (Å²) < 4.78 is 1.53. The quantitative estimate of drug-likeness (QED) is 0.886. The van der Waals surface area contributed by atoms with E-state index in [9.17, 15) is 0 Å². The third kappa shape index (κ3) is 2.44. The lowest BCUT2D eigenvalue weighted by Gasteiger charge is -2.12. The molecule has 1 aromatic heterocycles. The van der Waals surface area contributed by atoms with Crippen molar-refractivity contribution in [1.29, 1.82) is 0 Å². The molecule has 1 unspecified atom stereocenters. The van der Waals surface area contributed by atoms with Crippen molar-refractivity contribution in [3.8, 4) is 5.69 Å². The largest absolute Gasteiger partial charge is 0.311 e. The van der Waals surface area contributed by atoms with Crippen molar-refractivity contribution in [3.05, 3.63) is 33.0 Å². The van der Waals surface area contributed by atoms with Crippen molar-refractivity contribution in [1.82, 2.24) is 25.5 Å². The smallest absolute Gasteiger partial charge is 0.173 e. The normalized spacial score (nSPS) is 12.7. The van der Waals surface area contributed by atoms with Gasteiger partial charge in [0.1, 0.15) is 0 Å². The monoisotopic (exact) mass is 305 g/mol. The lowest BCUT2D eigenvalue weighted by Crippen LogP contribution is -2.18. The Balaban J connectivity index is 2.56. The number of hydrogen-bond donors (Lipinski definition) is 1. The number of halogens is 3. The average Bonchev–Trinajstić information content (AvgIpc) is 2.81. The summed E-state index contributed by atoms with van der Waals surface area (Å²) in [6, 6.07) is 3.18. The minimum Gasteiger partial charge on any atom is -0.311 e. The van der Waals surface area contributed by atoms with Gasteiger partial charge < -0.3 is 5.32 Å². The van der Waals surface area contributed by atoms with Crippen LogP contribution in [0.2, 0.25) is 15.1 Å². The molecule has 0 spiro atoms. The van der Waals surface area contributed by atoms with Gasteiger partial charge in [0.25, 0.3) is 0 Å². The molecule has 1 aromatic carbocycles. The first-order valence-electron chi connectivity index (χ1n) is 5.15. The van der Waals surface area contributed by atoms with E-state index in [4.69, 9.17) is 34.8 Å². The maximum absolute atomic E-state index is 6.13. The van der Waals surface area contributed by atoms with Gasteiger partial charge in [0, 0.05) is 0 Å². The first kappa shape index (κ1) is 13.5.